The molecule has 102 valence electrons. The summed E-state index contributed by atoms with van der Waals surface area (Å²) in [6.07, 6.45) is 3.50. The van der Waals surface area contributed by atoms with E-state index in [1.54, 1.807) is 0 Å². The molecular weight excluding hydrogens is 314 g/mol. The molecule has 2 aromatic carbocycles. The molecule has 1 aliphatic carbocycles. The summed E-state index contributed by atoms with van der Waals surface area (Å²) >= 11 is 3.45. The van der Waals surface area contributed by atoms with Crippen molar-refractivity contribution in [3.63, 3.8) is 0 Å². The maximum absolute atomic E-state index is 12.3. The Hall–Kier alpha value is -1.61. The zero-order chi connectivity index (χ0) is 14.1. The Balaban J connectivity index is 1.82. The summed E-state index contributed by atoms with van der Waals surface area (Å²) in [6.45, 7) is 2.01. The number of amides is 1. The van der Waals surface area contributed by atoms with Crippen LogP contribution in [0, 0.1) is 6.92 Å². The molecule has 0 aliphatic heterocycles. The van der Waals surface area contributed by atoms with Gasteiger partial charge in [0, 0.05) is 10.2 Å². The van der Waals surface area contributed by atoms with Crippen molar-refractivity contribution in [2.24, 2.45) is 0 Å². The van der Waals surface area contributed by atoms with Gasteiger partial charge in [0.05, 0.1) is 5.56 Å². The van der Waals surface area contributed by atoms with Crippen molar-refractivity contribution in [1.29, 1.82) is 0 Å². The van der Waals surface area contributed by atoms with Crippen molar-refractivity contribution in [1.82, 2.24) is 0 Å². The molecular formula is C17H16BrNO. The van der Waals surface area contributed by atoms with Crippen LogP contribution in [0.25, 0.3) is 0 Å². The molecule has 2 nitrogen and oxygen atoms in total. The van der Waals surface area contributed by atoms with Crippen LogP contribution in [0.3, 0.4) is 0 Å². The van der Waals surface area contributed by atoms with Gasteiger partial charge in [-0.15, -0.1) is 0 Å². The number of carbonyl (C=O) groups is 1. The van der Waals surface area contributed by atoms with Crippen molar-refractivity contribution in [2.75, 3.05) is 5.32 Å². The number of nitrogens with one attached hydrogen (secondary N) is 1. The third-order valence-electron chi connectivity index (χ3n) is 3.73. The molecule has 20 heavy (non-hydrogen) atoms. The maximum atomic E-state index is 12.3. The van der Waals surface area contributed by atoms with Crippen molar-refractivity contribution in [2.45, 2.75) is 26.2 Å². The molecule has 3 rings (SSSR count). The first-order valence-electron chi connectivity index (χ1n) is 6.83. The van der Waals surface area contributed by atoms with Crippen LogP contribution in [0.1, 0.15) is 33.5 Å². The highest BCUT2D eigenvalue weighted by Crippen LogP contribution is 2.26. The Morgan fingerprint density at radius 1 is 1.10 bits per heavy atom. The highest BCUT2D eigenvalue weighted by Gasteiger charge is 2.13. The number of anilines is 1. The highest BCUT2D eigenvalue weighted by molar-refractivity contribution is 9.10. The van der Waals surface area contributed by atoms with Crippen LogP contribution in [-0.2, 0) is 12.8 Å². The lowest BCUT2D eigenvalue weighted by Crippen LogP contribution is -2.12. The topological polar surface area (TPSA) is 29.1 Å². The molecule has 0 saturated heterocycles. The number of aryl methyl sites for hydroxylation is 3. The normalized spacial score (nSPS) is 13.1. The van der Waals surface area contributed by atoms with E-state index in [9.17, 15) is 4.79 Å². The Bertz CT molecular complexity index is 679. The Kier molecular flexibility index (Phi) is 3.62. The minimum Gasteiger partial charge on any atom is -0.322 e. The zero-order valence-electron chi connectivity index (χ0n) is 11.4. The van der Waals surface area contributed by atoms with Gasteiger partial charge in [-0.05, 0) is 83.1 Å². The molecule has 0 radical (unpaired) electrons. The van der Waals surface area contributed by atoms with E-state index in [0.29, 0.717) is 5.56 Å². The number of rotatable bonds is 2. The molecule has 1 amide bonds. The average Bonchev–Trinajstić information content (AvgIpc) is 2.85. The Morgan fingerprint density at radius 3 is 2.70 bits per heavy atom. The van der Waals surface area contributed by atoms with Gasteiger partial charge in [-0.2, -0.15) is 0 Å². The first-order valence-corrected chi connectivity index (χ1v) is 7.62. The molecule has 3 heteroatoms. The van der Waals surface area contributed by atoms with Gasteiger partial charge in [0.15, 0.2) is 0 Å². The molecule has 2 aromatic rings. The highest BCUT2D eigenvalue weighted by atomic mass is 79.9. The summed E-state index contributed by atoms with van der Waals surface area (Å²) in [5, 5.41) is 2.98. The largest absolute Gasteiger partial charge is 0.322 e. The first-order chi connectivity index (χ1) is 9.63. The molecule has 1 N–H and O–H groups in total. The predicted molar refractivity (Wildman–Crippen MR) is 85.3 cm³/mol. The molecule has 0 atom stereocenters. The van der Waals surface area contributed by atoms with Gasteiger partial charge >= 0.3 is 0 Å². The zero-order valence-corrected chi connectivity index (χ0v) is 13.0. The van der Waals surface area contributed by atoms with Gasteiger partial charge in [-0.3, -0.25) is 4.79 Å². The Morgan fingerprint density at radius 2 is 1.90 bits per heavy atom. The molecule has 0 bridgehead atoms. The second kappa shape index (κ2) is 5.41. The smallest absolute Gasteiger partial charge is 0.256 e. The monoisotopic (exact) mass is 329 g/mol. The second-order valence-electron chi connectivity index (χ2n) is 5.27. The maximum Gasteiger partial charge on any atom is 0.256 e. The van der Waals surface area contributed by atoms with Crippen molar-refractivity contribution in [3.8, 4) is 0 Å². The molecule has 0 heterocycles. The number of benzene rings is 2. The summed E-state index contributed by atoms with van der Waals surface area (Å²) in [5.41, 5.74) is 5.45. The first kappa shape index (κ1) is 13.4. The van der Waals surface area contributed by atoms with E-state index < -0.39 is 0 Å². The fourth-order valence-corrected chi connectivity index (χ4v) is 3.33. The lowest BCUT2D eigenvalue weighted by molar-refractivity contribution is 0.102. The standard InChI is InChI=1S/C17H16BrNO/c1-11-5-8-15(16(18)9-11)17(20)19-14-7-6-12-3-2-4-13(12)10-14/h5-10H,2-4H2,1H3,(H,19,20). The SMILES string of the molecule is Cc1ccc(C(=O)Nc2ccc3c(c2)CCC3)c(Br)c1. The number of carbonyl (C=O) groups excluding carboxylic acids is 1. The van der Waals surface area contributed by atoms with E-state index in [1.165, 1.54) is 17.5 Å². The molecule has 0 fully saturated rings. The summed E-state index contributed by atoms with van der Waals surface area (Å²) in [7, 11) is 0. The molecule has 0 saturated carbocycles. The van der Waals surface area contributed by atoms with Crippen molar-refractivity contribution >= 4 is 27.5 Å². The van der Waals surface area contributed by atoms with E-state index in [1.807, 2.05) is 31.2 Å². The van der Waals surface area contributed by atoms with Crippen LogP contribution < -0.4 is 5.32 Å². The van der Waals surface area contributed by atoms with Crippen LogP contribution in [0.5, 0.6) is 0 Å². The van der Waals surface area contributed by atoms with Crippen LogP contribution in [0.15, 0.2) is 40.9 Å². The number of hydrogen-bond donors (Lipinski definition) is 1. The molecule has 0 unspecified atom stereocenters. The van der Waals surface area contributed by atoms with Gasteiger partial charge < -0.3 is 5.32 Å². The molecule has 1 aliphatic rings. The van der Waals surface area contributed by atoms with Crippen LogP contribution in [0.4, 0.5) is 5.69 Å². The van der Waals surface area contributed by atoms with Crippen LogP contribution >= 0.6 is 15.9 Å². The summed E-state index contributed by atoms with van der Waals surface area (Å²) < 4.78 is 0.830. The van der Waals surface area contributed by atoms with Gasteiger partial charge in [0.25, 0.3) is 5.91 Å². The number of halogens is 1. The third-order valence-corrected chi connectivity index (χ3v) is 4.38. The second-order valence-corrected chi connectivity index (χ2v) is 6.13. The van der Waals surface area contributed by atoms with Gasteiger partial charge in [-0.25, -0.2) is 0 Å². The van der Waals surface area contributed by atoms with E-state index in [-0.39, 0.29) is 5.91 Å². The van der Waals surface area contributed by atoms with Gasteiger partial charge in [0.1, 0.15) is 0 Å². The van der Waals surface area contributed by atoms with E-state index in [2.05, 4.69) is 33.4 Å². The fraction of sp³-hybridized carbons (Fsp3) is 0.235. The van der Waals surface area contributed by atoms with Crippen LogP contribution in [0.2, 0.25) is 0 Å². The lowest BCUT2D eigenvalue weighted by Gasteiger charge is -2.09. The van der Waals surface area contributed by atoms with E-state index >= 15 is 0 Å². The molecule has 0 aromatic heterocycles. The summed E-state index contributed by atoms with van der Waals surface area (Å²) in [6, 6.07) is 12.0. The predicted octanol–water partition coefficient (Wildman–Crippen LogP) is 4.50. The van der Waals surface area contributed by atoms with E-state index in [0.717, 1.165) is 28.6 Å². The van der Waals surface area contributed by atoms with Crippen LogP contribution in [-0.4, -0.2) is 5.91 Å². The van der Waals surface area contributed by atoms with Crippen molar-refractivity contribution in [3.05, 3.63) is 63.1 Å². The Labute approximate surface area is 127 Å². The lowest BCUT2D eigenvalue weighted by atomic mass is 10.1. The minimum absolute atomic E-state index is 0.0742. The van der Waals surface area contributed by atoms with E-state index in [4.69, 9.17) is 0 Å². The molecule has 0 spiro atoms. The number of hydrogen-bond acceptors (Lipinski definition) is 1. The summed E-state index contributed by atoms with van der Waals surface area (Å²) in [4.78, 5) is 12.3. The number of fused-ring (bicyclic) bond motifs is 1. The van der Waals surface area contributed by atoms with Gasteiger partial charge in [0.2, 0.25) is 0 Å². The minimum atomic E-state index is -0.0742. The van der Waals surface area contributed by atoms with Crippen molar-refractivity contribution < 1.29 is 4.79 Å². The fourth-order valence-electron chi connectivity index (χ4n) is 2.65. The third kappa shape index (κ3) is 2.63. The summed E-state index contributed by atoms with van der Waals surface area (Å²) in [5.74, 6) is -0.0742. The average molecular weight is 330 g/mol. The van der Waals surface area contributed by atoms with Gasteiger partial charge in [-0.1, -0.05) is 12.1 Å². The quantitative estimate of drug-likeness (QED) is 0.863.